The van der Waals surface area contributed by atoms with E-state index in [0.717, 1.165) is 11.4 Å². The van der Waals surface area contributed by atoms with Gasteiger partial charge in [-0.15, -0.1) is 0 Å². The van der Waals surface area contributed by atoms with Crippen molar-refractivity contribution >= 4 is 23.2 Å². The summed E-state index contributed by atoms with van der Waals surface area (Å²) >= 11 is 11.5. The first kappa shape index (κ1) is 11.3. The lowest BCUT2D eigenvalue weighted by molar-refractivity contribution is 0.794. The predicted molar refractivity (Wildman–Crippen MR) is 64.5 cm³/mol. The SMILES string of the molecule is NC(c1ccc(Cl)cn1)c1ccc(Cl)cn1. The van der Waals surface area contributed by atoms with Crippen molar-refractivity contribution in [2.24, 2.45) is 5.73 Å². The molecule has 0 radical (unpaired) electrons. The first-order valence-corrected chi connectivity index (χ1v) is 5.41. The first-order chi connectivity index (χ1) is 7.66. The summed E-state index contributed by atoms with van der Waals surface area (Å²) in [5, 5.41) is 1.17. The van der Waals surface area contributed by atoms with Crippen LogP contribution in [0.25, 0.3) is 0 Å². The normalized spacial score (nSPS) is 10.8. The van der Waals surface area contributed by atoms with Crippen molar-refractivity contribution in [3.05, 3.63) is 58.1 Å². The minimum atomic E-state index is -0.366. The van der Waals surface area contributed by atoms with Crippen LogP contribution in [-0.2, 0) is 0 Å². The van der Waals surface area contributed by atoms with Gasteiger partial charge in [0.05, 0.1) is 27.5 Å². The van der Waals surface area contributed by atoms with Gasteiger partial charge in [-0.05, 0) is 24.3 Å². The Hall–Kier alpha value is -1.16. The fourth-order valence-corrected chi connectivity index (χ4v) is 1.52. The molecule has 16 heavy (non-hydrogen) atoms. The lowest BCUT2D eigenvalue weighted by Gasteiger charge is -2.10. The van der Waals surface area contributed by atoms with Gasteiger partial charge in [0, 0.05) is 12.4 Å². The highest BCUT2D eigenvalue weighted by Crippen LogP contribution is 2.18. The summed E-state index contributed by atoms with van der Waals surface area (Å²) in [5.74, 6) is 0. The topological polar surface area (TPSA) is 51.8 Å². The number of nitrogens with zero attached hydrogens (tertiary/aromatic N) is 2. The van der Waals surface area contributed by atoms with Crippen LogP contribution in [0.15, 0.2) is 36.7 Å². The predicted octanol–water partition coefficient (Wildman–Crippen LogP) is 2.83. The zero-order chi connectivity index (χ0) is 11.5. The number of halogens is 2. The number of hydrogen-bond donors (Lipinski definition) is 1. The third kappa shape index (κ3) is 2.50. The van der Waals surface area contributed by atoms with E-state index in [2.05, 4.69) is 9.97 Å². The molecule has 3 nitrogen and oxygen atoms in total. The number of hydrogen-bond acceptors (Lipinski definition) is 3. The van der Waals surface area contributed by atoms with E-state index in [1.807, 2.05) is 0 Å². The van der Waals surface area contributed by atoms with Crippen LogP contribution in [0.1, 0.15) is 17.4 Å². The molecule has 0 aliphatic rings. The van der Waals surface area contributed by atoms with Crippen molar-refractivity contribution in [3.8, 4) is 0 Å². The molecule has 2 rings (SSSR count). The van der Waals surface area contributed by atoms with E-state index in [-0.39, 0.29) is 6.04 Å². The Bertz CT molecular complexity index is 422. The molecule has 5 heteroatoms. The van der Waals surface area contributed by atoms with E-state index in [9.17, 15) is 0 Å². The van der Waals surface area contributed by atoms with Gasteiger partial charge in [0.1, 0.15) is 0 Å². The zero-order valence-corrected chi connectivity index (χ0v) is 9.78. The van der Waals surface area contributed by atoms with Crippen LogP contribution in [-0.4, -0.2) is 9.97 Å². The van der Waals surface area contributed by atoms with Crippen molar-refractivity contribution < 1.29 is 0 Å². The average molecular weight is 254 g/mol. The molecule has 0 atom stereocenters. The van der Waals surface area contributed by atoms with Gasteiger partial charge in [-0.3, -0.25) is 9.97 Å². The van der Waals surface area contributed by atoms with Crippen LogP contribution in [0.5, 0.6) is 0 Å². The van der Waals surface area contributed by atoms with Gasteiger partial charge in [-0.1, -0.05) is 23.2 Å². The Morgan fingerprint density at radius 2 is 1.31 bits per heavy atom. The van der Waals surface area contributed by atoms with Gasteiger partial charge in [-0.25, -0.2) is 0 Å². The van der Waals surface area contributed by atoms with Gasteiger partial charge in [0.15, 0.2) is 0 Å². The molecule has 0 unspecified atom stereocenters. The van der Waals surface area contributed by atoms with Crippen LogP contribution in [0.2, 0.25) is 10.0 Å². The van der Waals surface area contributed by atoms with Crippen molar-refractivity contribution in [1.82, 2.24) is 9.97 Å². The average Bonchev–Trinajstić information content (AvgIpc) is 2.30. The molecule has 2 aromatic heterocycles. The molecule has 0 saturated carbocycles. The summed E-state index contributed by atoms with van der Waals surface area (Å²) in [7, 11) is 0. The summed E-state index contributed by atoms with van der Waals surface area (Å²) in [6, 6.07) is 6.70. The Morgan fingerprint density at radius 3 is 1.62 bits per heavy atom. The molecule has 2 heterocycles. The van der Waals surface area contributed by atoms with Gasteiger partial charge in [-0.2, -0.15) is 0 Å². The molecule has 2 aromatic rings. The van der Waals surface area contributed by atoms with E-state index < -0.39 is 0 Å². The van der Waals surface area contributed by atoms with Crippen LogP contribution >= 0.6 is 23.2 Å². The molecule has 0 bridgehead atoms. The lowest BCUT2D eigenvalue weighted by Crippen LogP contribution is -2.14. The molecule has 0 aliphatic heterocycles. The highest BCUT2D eigenvalue weighted by molar-refractivity contribution is 6.30. The minimum absolute atomic E-state index is 0.366. The summed E-state index contributed by atoms with van der Waals surface area (Å²) in [6.45, 7) is 0. The van der Waals surface area contributed by atoms with Gasteiger partial charge in [0.2, 0.25) is 0 Å². The third-order valence-corrected chi connectivity index (χ3v) is 2.58. The third-order valence-electron chi connectivity index (χ3n) is 2.14. The summed E-state index contributed by atoms with van der Waals surface area (Å²) < 4.78 is 0. The van der Waals surface area contributed by atoms with E-state index in [4.69, 9.17) is 28.9 Å². The maximum atomic E-state index is 6.01. The maximum Gasteiger partial charge on any atom is 0.0900 e. The molecule has 0 aromatic carbocycles. The Labute approximate surface area is 103 Å². The molecular weight excluding hydrogens is 245 g/mol. The highest BCUT2D eigenvalue weighted by Gasteiger charge is 2.11. The fraction of sp³-hybridized carbons (Fsp3) is 0.0909. The Balaban J connectivity index is 2.28. The van der Waals surface area contributed by atoms with Crippen molar-refractivity contribution in [3.63, 3.8) is 0 Å². The lowest BCUT2D eigenvalue weighted by atomic mass is 10.1. The van der Waals surface area contributed by atoms with Crippen LogP contribution < -0.4 is 5.73 Å². The fourth-order valence-electron chi connectivity index (χ4n) is 1.29. The first-order valence-electron chi connectivity index (χ1n) is 4.65. The summed E-state index contributed by atoms with van der Waals surface area (Å²) in [4.78, 5) is 8.29. The Kier molecular flexibility index (Phi) is 3.39. The van der Waals surface area contributed by atoms with E-state index in [1.54, 1.807) is 36.7 Å². The maximum absolute atomic E-state index is 6.01. The molecule has 0 spiro atoms. The monoisotopic (exact) mass is 253 g/mol. The zero-order valence-electron chi connectivity index (χ0n) is 8.27. The summed E-state index contributed by atoms with van der Waals surface area (Å²) in [5.41, 5.74) is 7.45. The van der Waals surface area contributed by atoms with E-state index in [1.165, 1.54) is 0 Å². The molecule has 82 valence electrons. The van der Waals surface area contributed by atoms with Crippen LogP contribution in [0.3, 0.4) is 0 Å². The summed E-state index contributed by atoms with van der Waals surface area (Å²) in [6.07, 6.45) is 3.12. The standard InChI is InChI=1S/C11H9Cl2N3/c12-7-1-3-9(15-5-7)11(14)10-4-2-8(13)6-16-10/h1-6,11H,14H2. The molecule has 0 fully saturated rings. The van der Waals surface area contributed by atoms with Gasteiger partial charge < -0.3 is 5.73 Å². The smallest absolute Gasteiger partial charge is 0.0900 e. The number of nitrogens with two attached hydrogens (primary N) is 1. The second-order valence-corrected chi connectivity index (χ2v) is 4.15. The highest BCUT2D eigenvalue weighted by atomic mass is 35.5. The van der Waals surface area contributed by atoms with Crippen molar-refractivity contribution in [2.75, 3.05) is 0 Å². The van der Waals surface area contributed by atoms with E-state index in [0.29, 0.717) is 10.0 Å². The molecular formula is C11H9Cl2N3. The number of aromatic nitrogens is 2. The number of pyridine rings is 2. The van der Waals surface area contributed by atoms with Crippen LogP contribution in [0, 0.1) is 0 Å². The quantitative estimate of drug-likeness (QED) is 0.896. The molecule has 0 saturated heterocycles. The molecule has 0 amide bonds. The van der Waals surface area contributed by atoms with Gasteiger partial charge >= 0.3 is 0 Å². The Morgan fingerprint density at radius 1 is 0.875 bits per heavy atom. The van der Waals surface area contributed by atoms with Crippen molar-refractivity contribution in [2.45, 2.75) is 6.04 Å². The second kappa shape index (κ2) is 4.78. The van der Waals surface area contributed by atoms with Crippen molar-refractivity contribution in [1.29, 1.82) is 0 Å². The number of rotatable bonds is 2. The molecule has 0 aliphatic carbocycles. The molecule has 2 N–H and O–H groups in total. The van der Waals surface area contributed by atoms with E-state index >= 15 is 0 Å². The van der Waals surface area contributed by atoms with Gasteiger partial charge in [0.25, 0.3) is 0 Å². The minimum Gasteiger partial charge on any atom is -0.318 e. The van der Waals surface area contributed by atoms with Crippen LogP contribution in [0.4, 0.5) is 0 Å². The largest absolute Gasteiger partial charge is 0.318 e. The second-order valence-electron chi connectivity index (χ2n) is 3.28.